The fourth-order valence-corrected chi connectivity index (χ4v) is 3.56. The van der Waals surface area contributed by atoms with Crippen molar-refractivity contribution in [2.75, 3.05) is 19.8 Å². The van der Waals surface area contributed by atoms with Crippen LogP contribution in [0.15, 0.2) is 0 Å². The second kappa shape index (κ2) is 8.21. The van der Waals surface area contributed by atoms with Crippen molar-refractivity contribution in [3.8, 4) is 0 Å². The van der Waals surface area contributed by atoms with E-state index in [9.17, 15) is 0 Å². The quantitative estimate of drug-likeness (QED) is 0.342. The van der Waals surface area contributed by atoms with E-state index in [1.54, 1.807) is 0 Å². The van der Waals surface area contributed by atoms with Gasteiger partial charge in [0.05, 0.1) is 13.2 Å². The van der Waals surface area contributed by atoms with Gasteiger partial charge in [-0.3, -0.25) is 0 Å². The third-order valence-electron chi connectivity index (χ3n) is 2.28. The minimum absolute atomic E-state index is 0.256. The topological polar surface area (TPSA) is 40.2 Å². The summed E-state index contributed by atoms with van der Waals surface area (Å²) < 4.78 is 22.3. The molecule has 1 aliphatic heterocycles. The summed E-state index contributed by atoms with van der Waals surface area (Å²) in [5.74, 6) is 0. The molecular formula is C12H26O4Si. The Hall–Kier alpha value is 0.0569. The van der Waals surface area contributed by atoms with E-state index in [0.29, 0.717) is 6.10 Å². The Morgan fingerprint density at radius 1 is 1.18 bits per heavy atom. The van der Waals surface area contributed by atoms with Gasteiger partial charge in [-0.2, -0.15) is 0 Å². The largest absolute Gasteiger partial charge is 0.394 e. The highest BCUT2D eigenvalue weighted by molar-refractivity contribution is 6.44. The van der Waals surface area contributed by atoms with Crippen LogP contribution in [0, 0.1) is 0 Å². The first-order valence-electron chi connectivity index (χ1n) is 6.58. The maximum absolute atomic E-state index is 5.84. The third kappa shape index (κ3) is 8.74. The molecule has 0 aromatic heterocycles. The van der Waals surface area contributed by atoms with E-state index in [-0.39, 0.29) is 12.2 Å². The minimum atomic E-state index is -1.51. The van der Waals surface area contributed by atoms with Gasteiger partial charge in [-0.25, -0.2) is 0 Å². The zero-order chi connectivity index (χ0) is 12.7. The second-order valence-electron chi connectivity index (χ2n) is 4.97. The molecule has 5 heteroatoms. The smallest absolute Gasteiger partial charge is 0.321 e. The Morgan fingerprint density at radius 2 is 1.76 bits per heavy atom. The molecule has 0 radical (unpaired) electrons. The molecular weight excluding hydrogens is 236 g/mol. The zero-order valence-electron chi connectivity index (χ0n) is 11.5. The van der Waals surface area contributed by atoms with Gasteiger partial charge in [0.2, 0.25) is 0 Å². The first-order valence-corrected chi connectivity index (χ1v) is 8.34. The van der Waals surface area contributed by atoms with Crippen molar-refractivity contribution in [2.45, 2.75) is 58.5 Å². The van der Waals surface area contributed by atoms with Crippen LogP contribution in [0.4, 0.5) is 0 Å². The van der Waals surface area contributed by atoms with Crippen LogP contribution in [0.2, 0.25) is 6.04 Å². The van der Waals surface area contributed by atoms with Crippen molar-refractivity contribution in [3.63, 3.8) is 0 Å². The highest BCUT2D eigenvalue weighted by Crippen LogP contribution is 2.10. The lowest BCUT2D eigenvalue weighted by atomic mass is 10.5. The number of hydrogen-bond acceptors (Lipinski definition) is 4. The normalized spacial score (nSPS) is 19.6. The van der Waals surface area contributed by atoms with E-state index in [2.05, 4.69) is 27.7 Å². The van der Waals surface area contributed by atoms with Crippen molar-refractivity contribution in [3.05, 3.63) is 0 Å². The van der Waals surface area contributed by atoms with Crippen molar-refractivity contribution >= 4 is 9.28 Å². The molecule has 1 heterocycles. The van der Waals surface area contributed by atoms with E-state index in [0.717, 1.165) is 32.3 Å². The lowest BCUT2D eigenvalue weighted by molar-refractivity contribution is 0.107. The molecule has 0 amide bonds. The zero-order valence-corrected chi connectivity index (χ0v) is 12.6. The highest BCUT2D eigenvalue weighted by Gasteiger charge is 2.22. The Bertz CT molecular complexity index is 185. The molecule has 0 aliphatic carbocycles. The molecule has 1 fully saturated rings. The Balaban J connectivity index is 2.04. The van der Waals surface area contributed by atoms with Crippen molar-refractivity contribution in [1.82, 2.24) is 0 Å². The van der Waals surface area contributed by atoms with E-state index >= 15 is 0 Å². The molecule has 0 saturated carbocycles. The SMILES string of the molecule is CC(C)O[SiH](CCCOCC1CO1)OC(C)C. The molecule has 0 aromatic carbocycles. The summed E-state index contributed by atoms with van der Waals surface area (Å²) in [6.45, 7) is 10.6. The summed E-state index contributed by atoms with van der Waals surface area (Å²) in [5, 5.41) is 0. The fraction of sp³-hybridized carbons (Fsp3) is 1.00. The Kier molecular flexibility index (Phi) is 7.30. The predicted molar refractivity (Wildman–Crippen MR) is 69.6 cm³/mol. The number of hydrogen-bond donors (Lipinski definition) is 0. The van der Waals surface area contributed by atoms with E-state index in [1.165, 1.54) is 0 Å². The van der Waals surface area contributed by atoms with Gasteiger partial charge in [0.15, 0.2) is 0 Å². The van der Waals surface area contributed by atoms with Crippen molar-refractivity contribution in [1.29, 1.82) is 0 Å². The summed E-state index contributed by atoms with van der Waals surface area (Å²) in [6, 6.07) is 1.02. The molecule has 4 nitrogen and oxygen atoms in total. The van der Waals surface area contributed by atoms with Gasteiger partial charge in [-0.05, 0) is 40.2 Å². The predicted octanol–water partition coefficient (Wildman–Crippen LogP) is 1.86. The summed E-state index contributed by atoms with van der Waals surface area (Å²) in [7, 11) is -1.51. The molecule has 1 atom stereocenters. The van der Waals surface area contributed by atoms with Crippen LogP contribution in [0.5, 0.6) is 0 Å². The highest BCUT2D eigenvalue weighted by atomic mass is 28.3. The maximum Gasteiger partial charge on any atom is 0.321 e. The number of ether oxygens (including phenoxy) is 2. The third-order valence-corrected chi connectivity index (χ3v) is 4.86. The van der Waals surface area contributed by atoms with Crippen LogP contribution in [-0.2, 0) is 18.3 Å². The molecule has 1 unspecified atom stereocenters. The van der Waals surface area contributed by atoms with Gasteiger partial charge in [0.25, 0.3) is 0 Å². The molecule has 102 valence electrons. The first kappa shape index (κ1) is 15.1. The van der Waals surface area contributed by atoms with E-state index in [1.807, 2.05) is 0 Å². The van der Waals surface area contributed by atoms with Crippen molar-refractivity contribution in [2.24, 2.45) is 0 Å². The van der Waals surface area contributed by atoms with E-state index in [4.69, 9.17) is 18.3 Å². The number of rotatable bonds is 10. The Labute approximate surface area is 106 Å². The average molecular weight is 262 g/mol. The fourth-order valence-electron chi connectivity index (χ4n) is 1.51. The number of epoxide rings is 1. The van der Waals surface area contributed by atoms with Crippen LogP contribution in [-0.4, -0.2) is 47.4 Å². The lowest BCUT2D eigenvalue weighted by Crippen LogP contribution is -2.29. The van der Waals surface area contributed by atoms with Gasteiger partial charge >= 0.3 is 9.28 Å². The lowest BCUT2D eigenvalue weighted by Gasteiger charge is -2.21. The first-order chi connectivity index (χ1) is 8.08. The maximum atomic E-state index is 5.84. The second-order valence-corrected chi connectivity index (χ2v) is 6.95. The van der Waals surface area contributed by atoms with Gasteiger partial charge in [0, 0.05) is 18.8 Å². The molecule has 0 N–H and O–H groups in total. The molecule has 17 heavy (non-hydrogen) atoms. The van der Waals surface area contributed by atoms with Gasteiger partial charge in [-0.1, -0.05) is 0 Å². The van der Waals surface area contributed by atoms with Gasteiger partial charge < -0.3 is 18.3 Å². The molecule has 1 aliphatic rings. The molecule has 0 aromatic rings. The van der Waals surface area contributed by atoms with Crippen LogP contribution in [0.1, 0.15) is 34.1 Å². The van der Waals surface area contributed by atoms with Crippen LogP contribution >= 0.6 is 0 Å². The monoisotopic (exact) mass is 262 g/mol. The summed E-state index contributed by atoms with van der Waals surface area (Å²) in [4.78, 5) is 0. The average Bonchev–Trinajstić information content (AvgIpc) is 2.98. The Morgan fingerprint density at radius 3 is 2.24 bits per heavy atom. The standard InChI is InChI=1S/C12H26O4Si/c1-10(2)15-17(16-11(3)4)7-5-6-13-8-12-9-14-12/h10-12,17H,5-9H2,1-4H3. The molecule has 1 saturated heterocycles. The van der Waals surface area contributed by atoms with Gasteiger partial charge in [0.1, 0.15) is 6.10 Å². The van der Waals surface area contributed by atoms with Crippen LogP contribution < -0.4 is 0 Å². The van der Waals surface area contributed by atoms with Crippen LogP contribution in [0.3, 0.4) is 0 Å². The molecule has 0 spiro atoms. The summed E-state index contributed by atoms with van der Waals surface area (Å²) in [6.07, 6.45) is 1.89. The van der Waals surface area contributed by atoms with Crippen LogP contribution in [0.25, 0.3) is 0 Å². The summed E-state index contributed by atoms with van der Waals surface area (Å²) in [5.41, 5.74) is 0. The van der Waals surface area contributed by atoms with E-state index < -0.39 is 9.28 Å². The molecule has 0 bridgehead atoms. The molecule has 1 rings (SSSR count). The summed E-state index contributed by atoms with van der Waals surface area (Å²) >= 11 is 0. The van der Waals surface area contributed by atoms with Gasteiger partial charge in [-0.15, -0.1) is 0 Å². The van der Waals surface area contributed by atoms with Crippen molar-refractivity contribution < 1.29 is 18.3 Å². The minimum Gasteiger partial charge on any atom is -0.394 e.